The lowest BCUT2D eigenvalue weighted by atomic mass is 10.1. The van der Waals surface area contributed by atoms with E-state index in [9.17, 15) is 14.0 Å². The van der Waals surface area contributed by atoms with Crippen molar-refractivity contribution in [3.63, 3.8) is 0 Å². The van der Waals surface area contributed by atoms with Gasteiger partial charge in [0.05, 0.1) is 7.11 Å². The van der Waals surface area contributed by atoms with Gasteiger partial charge in [0, 0.05) is 24.9 Å². The molecule has 1 unspecified atom stereocenters. The maximum Gasteiger partial charge on any atom is 0.220 e. The van der Waals surface area contributed by atoms with Gasteiger partial charge in [0.15, 0.2) is 17.3 Å². The highest BCUT2D eigenvalue weighted by Gasteiger charge is 2.12. The zero-order valence-electron chi connectivity index (χ0n) is 12.7. The average Bonchev–Trinajstić information content (AvgIpc) is 2.49. The molecule has 0 fully saturated rings. The van der Waals surface area contributed by atoms with Crippen molar-refractivity contribution in [3.05, 3.63) is 29.6 Å². The molecule has 1 rings (SSSR count). The number of ketones is 1. The zero-order chi connectivity index (χ0) is 15.8. The van der Waals surface area contributed by atoms with Crippen LogP contribution >= 0.6 is 12.4 Å². The summed E-state index contributed by atoms with van der Waals surface area (Å²) in [6, 6.07) is 4.00. The minimum atomic E-state index is -0.593. The Kier molecular flexibility index (Phi) is 9.37. The Morgan fingerprint density at radius 2 is 2.05 bits per heavy atom. The van der Waals surface area contributed by atoms with Gasteiger partial charge in [-0.15, -0.1) is 12.4 Å². The largest absolute Gasteiger partial charge is 0.494 e. The van der Waals surface area contributed by atoms with Crippen LogP contribution in [0.1, 0.15) is 30.1 Å². The van der Waals surface area contributed by atoms with Gasteiger partial charge in [-0.05, 0) is 30.7 Å². The Balaban J connectivity index is 0.00000441. The zero-order valence-corrected chi connectivity index (χ0v) is 13.5. The molecule has 0 bridgehead atoms. The van der Waals surface area contributed by atoms with Crippen LogP contribution in [0.3, 0.4) is 0 Å². The minimum Gasteiger partial charge on any atom is -0.494 e. The molecule has 0 aliphatic heterocycles. The van der Waals surface area contributed by atoms with E-state index in [1.54, 1.807) is 0 Å². The third-order valence-electron chi connectivity index (χ3n) is 3.10. The first-order valence-electron chi connectivity index (χ1n) is 6.81. The van der Waals surface area contributed by atoms with Crippen molar-refractivity contribution in [2.24, 2.45) is 11.7 Å². The molecule has 3 N–H and O–H groups in total. The molecule has 0 aliphatic rings. The van der Waals surface area contributed by atoms with Crippen LogP contribution in [0.25, 0.3) is 0 Å². The van der Waals surface area contributed by atoms with Crippen LogP contribution in [0, 0.1) is 11.7 Å². The van der Waals surface area contributed by atoms with Crippen LogP contribution in [-0.4, -0.2) is 31.9 Å². The number of halogens is 2. The number of carbonyl (C=O) groups is 2. The molecule has 1 atom stereocenters. The van der Waals surface area contributed by atoms with Crippen molar-refractivity contribution < 1.29 is 18.7 Å². The first-order chi connectivity index (χ1) is 9.97. The number of amides is 1. The van der Waals surface area contributed by atoms with Crippen LogP contribution in [0.2, 0.25) is 0 Å². The molecule has 22 heavy (non-hydrogen) atoms. The molecule has 0 spiro atoms. The lowest BCUT2D eigenvalue weighted by Gasteiger charge is -2.10. The highest BCUT2D eigenvalue weighted by Crippen LogP contribution is 2.18. The number of Topliss-reactive ketones (excluding diaryl/α,β-unsaturated/α-hetero) is 1. The van der Waals surface area contributed by atoms with Crippen molar-refractivity contribution in [2.45, 2.75) is 19.8 Å². The van der Waals surface area contributed by atoms with Gasteiger partial charge >= 0.3 is 0 Å². The molecule has 1 aromatic rings. The van der Waals surface area contributed by atoms with Gasteiger partial charge in [0.25, 0.3) is 0 Å². The van der Waals surface area contributed by atoms with Gasteiger partial charge in [-0.2, -0.15) is 0 Å². The fraction of sp³-hybridized carbons (Fsp3) is 0.467. The molecule has 1 aromatic carbocycles. The summed E-state index contributed by atoms with van der Waals surface area (Å²) >= 11 is 0. The van der Waals surface area contributed by atoms with Crippen LogP contribution in [0.4, 0.5) is 4.39 Å². The van der Waals surface area contributed by atoms with E-state index >= 15 is 0 Å². The monoisotopic (exact) mass is 332 g/mol. The van der Waals surface area contributed by atoms with Crippen LogP contribution in [-0.2, 0) is 4.79 Å². The molecule has 0 aromatic heterocycles. The number of nitrogens with two attached hydrogens (primary N) is 1. The second-order valence-electron chi connectivity index (χ2n) is 4.92. The first kappa shape index (κ1) is 20.3. The third kappa shape index (κ3) is 6.41. The van der Waals surface area contributed by atoms with Crippen LogP contribution < -0.4 is 15.8 Å². The van der Waals surface area contributed by atoms with Crippen molar-refractivity contribution in [3.8, 4) is 5.75 Å². The van der Waals surface area contributed by atoms with Crippen molar-refractivity contribution in [2.75, 3.05) is 20.2 Å². The van der Waals surface area contributed by atoms with Gasteiger partial charge in [-0.3, -0.25) is 9.59 Å². The number of hydrogen-bond donors (Lipinski definition) is 2. The SMILES string of the molecule is COc1ccc(C(=O)CCC(=O)NCC(C)CN)cc1F.Cl. The lowest BCUT2D eigenvalue weighted by molar-refractivity contribution is -0.121. The van der Waals surface area contributed by atoms with Crippen molar-refractivity contribution >= 4 is 24.1 Å². The molecule has 1 amide bonds. The third-order valence-corrected chi connectivity index (χ3v) is 3.10. The number of benzene rings is 1. The Morgan fingerprint density at radius 1 is 1.36 bits per heavy atom. The number of nitrogens with one attached hydrogen (secondary N) is 1. The molecule has 0 radical (unpaired) electrons. The maximum absolute atomic E-state index is 13.5. The second kappa shape index (κ2) is 10.1. The van der Waals surface area contributed by atoms with Crippen LogP contribution in [0.5, 0.6) is 5.75 Å². The fourth-order valence-corrected chi connectivity index (χ4v) is 1.67. The summed E-state index contributed by atoms with van der Waals surface area (Å²) in [5.41, 5.74) is 5.68. The number of methoxy groups -OCH3 is 1. The quantitative estimate of drug-likeness (QED) is 0.713. The van der Waals surface area contributed by atoms with E-state index in [1.165, 1.54) is 19.2 Å². The molecule has 124 valence electrons. The van der Waals surface area contributed by atoms with Gasteiger partial charge in [-0.25, -0.2) is 4.39 Å². The summed E-state index contributed by atoms with van der Waals surface area (Å²) < 4.78 is 18.3. The van der Waals surface area contributed by atoms with E-state index in [4.69, 9.17) is 10.5 Å². The topological polar surface area (TPSA) is 81.4 Å². The summed E-state index contributed by atoms with van der Waals surface area (Å²) in [5.74, 6) is -0.804. The van der Waals surface area contributed by atoms with Gasteiger partial charge < -0.3 is 15.8 Å². The smallest absolute Gasteiger partial charge is 0.220 e. The van der Waals surface area contributed by atoms with Crippen molar-refractivity contribution in [1.29, 1.82) is 0 Å². The fourth-order valence-electron chi connectivity index (χ4n) is 1.67. The number of ether oxygens (including phenoxy) is 1. The molecule has 7 heteroatoms. The number of hydrogen-bond acceptors (Lipinski definition) is 4. The highest BCUT2D eigenvalue weighted by atomic mass is 35.5. The van der Waals surface area contributed by atoms with E-state index in [0.717, 1.165) is 6.07 Å². The summed E-state index contributed by atoms with van der Waals surface area (Å²) in [6.45, 7) is 2.90. The van der Waals surface area contributed by atoms with Crippen molar-refractivity contribution in [1.82, 2.24) is 5.32 Å². The van der Waals surface area contributed by atoms with Gasteiger partial charge in [-0.1, -0.05) is 6.92 Å². The molecule has 0 aliphatic carbocycles. The van der Waals surface area contributed by atoms with E-state index < -0.39 is 5.82 Å². The predicted molar refractivity (Wildman–Crippen MR) is 85.0 cm³/mol. The van der Waals surface area contributed by atoms with Crippen LogP contribution in [0.15, 0.2) is 18.2 Å². The normalized spacial score (nSPS) is 11.3. The van der Waals surface area contributed by atoms with Gasteiger partial charge in [0.1, 0.15) is 0 Å². The Morgan fingerprint density at radius 3 is 2.59 bits per heavy atom. The predicted octanol–water partition coefficient (Wildman–Crippen LogP) is 1.93. The minimum absolute atomic E-state index is 0. The molecule has 0 saturated carbocycles. The standard InChI is InChI=1S/C15H21FN2O3.ClH/c1-10(8-17)9-18-15(20)6-4-13(19)11-3-5-14(21-2)12(16)7-11;/h3,5,7,10H,4,6,8-9,17H2,1-2H3,(H,18,20);1H. The molecular weight excluding hydrogens is 311 g/mol. The number of carbonyl (C=O) groups excluding carboxylic acids is 2. The molecule has 0 saturated heterocycles. The summed E-state index contributed by atoms with van der Waals surface area (Å²) in [7, 11) is 1.35. The lowest BCUT2D eigenvalue weighted by Crippen LogP contribution is -2.31. The summed E-state index contributed by atoms with van der Waals surface area (Å²) in [6.07, 6.45) is 0.110. The second-order valence-corrected chi connectivity index (χ2v) is 4.92. The van der Waals surface area contributed by atoms with E-state index in [0.29, 0.717) is 13.1 Å². The summed E-state index contributed by atoms with van der Waals surface area (Å²) in [4.78, 5) is 23.5. The average molecular weight is 333 g/mol. The van der Waals surface area contributed by atoms with Gasteiger partial charge in [0.2, 0.25) is 5.91 Å². The molecule has 0 heterocycles. The first-order valence-corrected chi connectivity index (χ1v) is 6.81. The van der Waals surface area contributed by atoms with E-state index in [2.05, 4.69) is 5.32 Å². The van der Waals surface area contributed by atoms with E-state index in [1.807, 2.05) is 6.92 Å². The molecule has 5 nitrogen and oxygen atoms in total. The Bertz CT molecular complexity index is 512. The summed E-state index contributed by atoms with van der Waals surface area (Å²) in [5, 5.41) is 2.70. The Labute approximate surface area is 135 Å². The van der Waals surface area contributed by atoms with E-state index in [-0.39, 0.29) is 54.2 Å². The number of rotatable bonds is 8. The molecular formula is C15H22ClFN2O3. The highest BCUT2D eigenvalue weighted by molar-refractivity contribution is 5.98. The Hall–Kier alpha value is -1.66. The maximum atomic E-state index is 13.5.